The van der Waals surface area contributed by atoms with Gasteiger partial charge in [0, 0.05) is 17.6 Å². The number of aromatic nitrogens is 1. The third-order valence-corrected chi connectivity index (χ3v) is 1.58. The first-order valence-corrected chi connectivity index (χ1v) is 3.41. The van der Waals surface area contributed by atoms with Gasteiger partial charge in [0.1, 0.15) is 0 Å². The van der Waals surface area contributed by atoms with Gasteiger partial charge < -0.3 is 0 Å². The van der Waals surface area contributed by atoms with Gasteiger partial charge in [-0.1, -0.05) is 18.7 Å². The summed E-state index contributed by atoms with van der Waals surface area (Å²) in [5, 5.41) is 0. The predicted octanol–water partition coefficient (Wildman–Crippen LogP) is 2.09. The number of hydrogen-bond donors (Lipinski definition) is 0. The summed E-state index contributed by atoms with van der Waals surface area (Å²) in [6.45, 7) is 1.97. The van der Waals surface area contributed by atoms with Crippen molar-refractivity contribution in [3.05, 3.63) is 29.6 Å². The molecule has 1 heterocycles. The maximum Gasteiger partial charge on any atom is 0.0413 e. The third-order valence-electron chi connectivity index (χ3n) is 1.27. The Morgan fingerprint density at radius 3 is 2.89 bits per heavy atom. The molecule has 0 aliphatic rings. The fourth-order valence-corrected chi connectivity index (χ4v) is 0.975. The summed E-state index contributed by atoms with van der Waals surface area (Å²) in [4.78, 5) is 4.08. The highest BCUT2D eigenvalue weighted by Crippen LogP contribution is 2.05. The van der Waals surface area contributed by atoms with Crippen molar-refractivity contribution in [3.63, 3.8) is 0 Å². The Labute approximate surface area is 60.5 Å². The summed E-state index contributed by atoms with van der Waals surface area (Å²) in [5.74, 6) is 0.666. The average Bonchev–Trinajstić information content (AvgIpc) is 1.89. The third kappa shape index (κ3) is 1.45. The number of hydrogen-bond acceptors (Lipinski definition) is 1. The second-order valence-corrected chi connectivity index (χ2v) is 2.18. The average molecular weight is 138 g/mol. The fraction of sp³-hybridized carbons (Fsp3) is 0.286. The van der Waals surface area contributed by atoms with Gasteiger partial charge >= 0.3 is 0 Å². The Morgan fingerprint density at radius 2 is 2.44 bits per heavy atom. The van der Waals surface area contributed by atoms with Crippen LogP contribution in [0.3, 0.4) is 0 Å². The molecule has 1 aromatic rings. The Balaban J connectivity index is 3.01. The van der Waals surface area contributed by atoms with E-state index >= 15 is 0 Å². The monoisotopic (exact) mass is 138 g/mol. The van der Waals surface area contributed by atoms with Crippen molar-refractivity contribution in [2.75, 3.05) is 0 Å². The lowest BCUT2D eigenvalue weighted by atomic mass is 10.2. The van der Waals surface area contributed by atoms with Gasteiger partial charge in [-0.25, -0.2) is 0 Å². The van der Waals surface area contributed by atoms with Gasteiger partial charge in [-0.15, -0.1) is 0 Å². The van der Waals surface area contributed by atoms with Crippen molar-refractivity contribution in [2.24, 2.45) is 0 Å². The minimum absolute atomic E-state index is 0.666. The smallest absolute Gasteiger partial charge is 0.0413 e. The minimum Gasteiger partial charge on any atom is -0.261 e. The number of aryl methyl sites for hydroxylation is 1. The molecule has 2 heteroatoms. The van der Waals surface area contributed by atoms with Crippen LogP contribution in [-0.4, -0.2) is 4.98 Å². The maximum absolute atomic E-state index is 4.87. The first-order valence-electron chi connectivity index (χ1n) is 2.83. The molecule has 1 nitrogen and oxygen atoms in total. The number of nitrogens with zero attached hydrogens (tertiary/aromatic N) is 1. The molecule has 1 radical (unpaired) electrons. The van der Waals surface area contributed by atoms with E-state index in [1.165, 1.54) is 0 Å². The molecule has 0 unspecified atom stereocenters. The van der Waals surface area contributed by atoms with Gasteiger partial charge in [0.15, 0.2) is 0 Å². The largest absolute Gasteiger partial charge is 0.261 e. The molecular formula is C7H8NS. The Kier molecular flexibility index (Phi) is 2.11. The zero-order valence-corrected chi connectivity index (χ0v) is 6.11. The molecule has 0 aromatic carbocycles. The lowest BCUT2D eigenvalue weighted by molar-refractivity contribution is 1.14. The molecule has 47 valence electrons. The summed E-state index contributed by atoms with van der Waals surface area (Å²) >= 11 is 4.87. The van der Waals surface area contributed by atoms with Crippen LogP contribution in [-0.2, 0) is 5.75 Å². The van der Waals surface area contributed by atoms with E-state index in [9.17, 15) is 0 Å². The van der Waals surface area contributed by atoms with Crippen LogP contribution < -0.4 is 0 Å². The number of rotatable bonds is 1. The van der Waals surface area contributed by atoms with E-state index in [0.717, 1.165) is 11.3 Å². The second-order valence-electron chi connectivity index (χ2n) is 1.89. The standard InChI is InChI=1S/C7H8NS/c1-6-7(5-9)3-2-4-8-6/h2-4H,5H2,1H3. The van der Waals surface area contributed by atoms with E-state index in [4.69, 9.17) is 12.6 Å². The molecular weight excluding hydrogens is 130 g/mol. The molecule has 0 spiro atoms. The Bertz CT molecular complexity index is 198. The zero-order valence-electron chi connectivity index (χ0n) is 5.29. The van der Waals surface area contributed by atoms with E-state index < -0.39 is 0 Å². The van der Waals surface area contributed by atoms with Crippen molar-refractivity contribution < 1.29 is 0 Å². The van der Waals surface area contributed by atoms with Crippen LogP contribution in [0.5, 0.6) is 0 Å². The van der Waals surface area contributed by atoms with Crippen molar-refractivity contribution in [1.82, 2.24) is 4.98 Å². The summed E-state index contributed by atoms with van der Waals surface area (Å²) in [6, 6.07) is 3.92. The molecule has 1 aromatic heterocycles. The van der Waals surface area contributed by atoms with Crippen molar-refractivity contribution in [1.29, 1.82) is 0 Å². The second kappa shape index (κ2) is 2.87. The van der Waals surface area contributed by atoms with Gasteiger partial charge in [-0.3, -0.25) is 4.98 Å². The SMILES string of the molecule is Cc1ncccc1C[S]. The zero-order chi connectivity index (χ0) is 6.69. The van der Waals surface area contributed by atoms with Crippen LogP contribution in [0.15, 0.2) is 18.3 Å². The van der Waals surface area contributed by atoms with Crippen LogP contribution in [0.1, 0.15) is 11.3 Å². The maximum atomic E-state index is 4.87. The highest BCUT2D eigenvalue weighted by atomic mass is 32.1. The first-order chi connectivity index (χ1) is 4.34. The van der Waals surface area contributed by atoms with Gasteiger partial charge in [-0.05, 0) is 18.6 Å². The van der Waals surface area contributed by atoms with Gasteiger partial charge in [-0.2, -0.15) is 0 Å². The van der Waals surface area contributed by atoms with Crippen LogP contribution >= 0.6 is 12.6 Å². The van der Waals surface area contributed by atoms with E-state index in [1.54, 1.807) is 6.20 Å². The molecule has 0 saturated carbocycles. The fourth-order valence-electron chi connectivity index (χ4n) is 0.670. The van der Waals surface area contributed by atoms with Crippen molar-refractivity contribution in [3.8, 4) is 0 Å². The normalized spacial score (nSPS) is 9.56. The molecule has 0 bridgehead atoms. The van der Waals surface area contributed by atoms with Crippen LogP contribution in [0.25, 0.3) is 0 Å². The van der Waals surface area contributed by atoms with Crippen LogP contribution in [0.4, 0.5) is 0 Å². The first kappa shape index (κ1) is 6.62. The molecule has 1 rings (SSSR count). The summed E-state index contributed by atoms with van der Waals surface area (Å²) in [5.41, 5.74) is 2.21. The summed E-state index contributed by atoms with van der Waals surface area (Å²) < 4.78 is 0. The molecule has 9 heavy (non-hydrogen) atoms. The topological polar surface area (TPSA) is 12.9 Å². The van der Waals surface area contributed by atoms with Crippen molar-refractivity contribution in [2.45, 2.75) is 12.7 Å². The van der Waals surface area contributed by atoms with Crippen LogP contribution in [0.2, 0.25) is 0 Å². The van der Waals surface area contributed by atoms with E-state index in [-0.39, 0.29) is 0 Å². The van der Waals surface area contributed by atoms with Crippen LogP contribution in [0, 0.1) is 6.92 Å². The quantitative estimate of drug-likeness (QED) is 0.579. The van der Waals surface area contributed by atoms with Gasteiger partial charge in [0.05, 0.1) is 0 Å². The van der Waals surface area contributed by atoms with E-state index in [1.807, 2.05) is 19.1 Å². The minimum atomic E-state index is 0.666. The Hall–Kier alpha value is -0.500. The molecule has 0 aliphatic carbocycles. The molecule has 0 aliphatic heterocycles. The summed E-state index contributed by atoms with van der Waals surface area (Å²) in [7, 11) is 0. The van der Waals surface area contributed by atoms with Gasteiger partial charge in [0.2, 0.25) is 0 Å². The lowest BCUT2D eigenvalue weighted by Gasteiger charge is -1.96. The highest BCUT2D eigenvalue weighted by molar-refractivity contribution is 7.79. The van der Waals surface area contributed by atoms with Gasteiger partial charge in [0.25, 0.3) is 0 Å². The molecule has 0 fully saturated rings. The Morgan fingerprint density at radius 1 is 1.67 bits per heavy atom. The van der Waals surface area contributed by atoms with E-state index in [0.29, 0.717) is 5.75 Å². The lowest BCUT2D eigenvalue weighted by Crippen LogP contribution is -1.86. The van der Waals surface area contributed by atoms with E-state index in [2.05, 4.69) is 4.98 Å². The summed E-state index contributed by atoms with van der Waals surface area (Å²) in [6.07, 6.45) is 1.78. The molecule has 0 amide bonds. The number of pyridine rings is 1. The molecule has 0 N–H and O–H groups in total. The molecule has 0 saturated heterocycles. The highest BCUT2D eigenvalue weighted by Gasteiger charge is 1.92. The predicted molar refractivity (Wildman–Crippen MR) is 40.3 cm³/mol. The van der Waals surface area contributed by atoms with Crippen molar-refractivity contribution >= 4 is 12.6 Å². The molecule has 0 atom stereocenters.